The van der Waals surface area contributed by atoms with E-state index in [1.54, 1.807) is 24.0 Å². The molecule has 10 heteroatoms. The van der Waals surface area contributed by atoms with Gasteiger partial charge in [0.2, 0.25) is 5.91 Å². The predicted octanol–water partition coefficient (Wildman–Crippen LogP) is 3.09. The van der Waals surface area contributed by atoms with E-state index in [9.17, 15) is 19.5 Å². The van der Waals surface area contributed by atoms with Crippen LogP contribution in [0.25, 0.3) is 0 Å². The molecule has 0 aliphatic carbocycles. The molecule has 0 spiro atoms. The monoisotopic (exact) mass is 562 g/mol. The van der Waals surface area contributed by atoms with Gasteiger partial charge in [0.1, 0.15) is 18.3 Å². The summed E-state index contributed by atoms with van der Waals surface area (Å²) in [6, 6.07) is -0.134. The lowest BCUT2D eigenvalue weighted by Gasteiger charge is -2.39. The molecule has 1 unspecified atom stereocenters. The Kier molecular flexibility index (Phi) is 11.5. The van der Waals surface area contributed by atoms with Crippen LogP contribution in [0, 0.1) is 5.92 Å². The first-order valence-corrected chi connectivity index (χ1v) is 14.3. The van der Waals surface area contributed by atoms with Crippen molar-refractivity contribution in [3.8, 4) is 0 Å². The molecule has 3 heterocycles. The van der Waals surface area contributed by atoms with Crippen LogP contribution < -0.4 is 5.32 Å². The lowest BCUT2D eigenvalue weighted by molar-refractivity contribution is -0.165. The molecule has 3 fully saturated rings. The van der Waals surface area contributed by atoms with E-state index in [-0.39, 0.29) is 42.3 Å². The van der Waals surface area contributed by atoms with Gasteiger partial charge in [-0.05, 0) is 59.5 Å². The second-order valence-electron chi connectivity index (χ2n) is 11.7. The minimum absolute atomic E-state index is 0.00121. The Morgan fingerprint density at radius 2 is 1.93 bits per heavy atom. The van der Waals surface area contributed by atoms with Crippen LogP contribution in [0.4, 0.5) is 4.79 Å². The van der Waals surface area contributed by atoms with Gasteiger partial charge in [0.05, 0.1) is 37.1 Å². The van der Waals surface area contributed by atoms with Crippen molar-refractivity contribution in [1.29, 1.82) is 0 Å². The summed E-state index contributed by atoms with van der Waals surface area (Å²) >= 11 is 0. The Hall–Kier alpha value is -2.53. The van der Waals surface area contributed by atoms with Gasteiger partial charge in [-0.15, -0.1) is 0 Å². The number of nitrogens with one attached hydrogen (secondary N) is 1. The summed E-state index contributed by atoms with van der Waals surface area (Å²) in [6.45, 7) is 13.4. The van der Waals surface area contributed by atoms with Crippen LogP contribution in [0.1, 0.15) is 60.8 Å². The number of ether oxygens (including phenoxy) is 4. The molecule has 10 nitrogen and oxygen atoms in total. The quantitative estimate of drug-likeness (QED) is 0.342. The minimum atomic E-state index is -1.14. The highest BCUT2D eigenvalue weighted by Gasteiger charge is 2.39. The first kappa shape index (κ1) is 32.0. The molecule has 0 radical (unpaired) electrons. The molecule has 2 N–H and O–H groups in total. The maximum atomic E-state index is 12.6. The number of rotatable bonds is 8. The largest absolute Gasteiger partial charge is 0.442 e. The molecule has 224 valence electrons. The van der Waals surface area contributed by atoms with Gasteiger partial charge in [-0.25, -0.2) is 4.79 Å². The van der Waals surface area contributed by atoms with Gasteiger partial charge < -0.3 is 34.3 Å². The molecular formula is C30H46N2O8. The summed E-state index contributed by atoms with van der Waals surface area (Å²) in [5.41, 5.74) is 0.388. The fraction of sp³-hybridized carbons (Fsp3) is 0.700. The van der Waals surface area contributed by atoms with E-state index in [0.717, 1.165) is 12.0 Å². The third-order valence-electron chi connectivity index (χ3n) is 7.54. The Morgan fingerprint density at radius 1 is 1.23 bits per heavy atom. The van der Waals surface area contributed by atoms with Crippen molar-refractivity contribution in [2.75, 3.05) is 26.3 Å². The van der Waals surface area contributed by atoms with E-state index in [1.807, 2.05) is 33.8 Å². The second kappa shape index (κ2) is 14.4. The van der Waals surface area contributed by atoms with E-state index in [4.69, 9.17) is 18.9 Å². The molecular weight excluding hydrogens is 516 g/mol. The minimum Gasteiger partial charge on any atom is -0.442 e. The van der Waals surface area contributed by atoms with Crippen LogP contribution in [0.2, 0.25) is 0 Å². The molecule has 2 amide bonds. The first-order chi connectivity index (χ1) is 18.8. The molecule has 3 aliphatic rings. The lowest BCUT2D eigenvalue weighted by Crippen LogP contribution is -2.50. The highest BCUT2D eigenvalue weighted by Crippen LogP contribution is 2.29. The molecule has 40 heavy (non-hydrogen) atoms. The van der Waals surface area contributed by atoms with Crippen molar-refractivity contribution in [1.82, 2.24) is 10.2 Å². The van der Waals surface area contributed by atoms with Gasteiger partial charge in [0.25, 0.3) is 0 Å². The third kappa shape index (κ3) is 9.54. The lowest BCUT2D eigenvalue weighted by atomic mass is 9.88. The van der Waals surface area contributed by atoms with Crippen LogP contribution >= 0.6 is 0 Å². The van der Waals surface area contributed by atoms with Crippen LogP contribution in [-0.2, 0) is 28.5 Å². The van der Waals surface area contributed by atoms with Crippen LogP contribution in [0.15, 0.2) is 36.0 Å². The molecule has 3 rings (SSSR count). The fourth-order valence-corrected chi connectivity index (χ4v) is 5.13. The van der Waals surface area contributed by atoms with E-state index < -0.39 is 30.0 Å². The van der Waals surface area contributed by atoms with Crippen molar-refractivity contribution in [3.05, 3.63) is 36.0 Å². The topological polar surface area (TPSA) is 124 Å². The normalized spacial score (nSPS) is 32.3. The third-order valence-corrected chi connectivity index (χ3v) is 7.54. The number of aliphatic hydroxyl groups excluding tert-OH is 1. The number of Topliss-reactive ketones (excluding diaryl/α,β-unsaturated/α-hetero) is 1. The Bertz CT molecular complexity index is 984. The SMILES string of the molecule is CC(C=C[C@H]1OC(C)(C)CC(=O)[C@@H]1O)=CC[C@@H]1O[C@H](C)[C@H](NC(=O)C=CC(C)OC(=O)N2CCOCC2)C[C@@H]1C. The zero-order chi connectivity index (χ0) is 29.4. The molecule has 0 saturated carbocycles. The van der Waals surface area contributed by atoms with E-state index in [2.05, 4.69) is 18.3 Å². The van der Waals surface area contributed by atoms with E-state index >= 15 is 0 Å². The number of morpholine rings is 1. The van der Waals surface area contributed by atoms with E-state index in [0.29, 0.717) is 32.7 Å². The number of ketones is 1. The maximum Gasteiger partial charge on any atom is 0.410 e. The highest BCUT2D eigenvalue weighted by molar-refractivity contribution is 5.88. The number of carbonyl (C=O) groups excluding carboxylic acids is 3. The van der Waals surface area contributed by atoms with Crippen molar-refractivity contribution >= 4 is 17.8 Å². The number of amides is 2. The van der Waals surface area contributed by atoms with Gasteiger partial charge in [0.15, 0.2) is 5.78 Å². The fourth-order valence-electron chi connectivity index (χ4n) is 5.13. The predicted molar refractivity (Wildman–Crippen MR) is 150 cm³/mol. The molecule has 3 aliphatic heterocycles. The molecule has 0 aromatic heterocycles. The summed E-state index contributed by atoms with van der Waals surface area (Å²) in [6.07, 6.45) is 7.42. The molecule has 7 atom stereocenters. The van der Waals surface area contributed by atoms with E-state index in [1.165, 1.54) is 6.08 Å². The first-order valence-electron chi connectivity index (χ1n) is 14.3. The number of nitrogens with zero attached hydrogens (tertiary/aromatic N) is 1. The smallest absolute Gasteiger partial charge is 0.410 e. The van der Waals surface area contributed by atoms with Crippen LogP contribution in [-0.4, -0.2) is 96.3 Å². The van der Waals surface area contributed by atoms with Crippen LogP contribution in [0.3, 0.4) is 0 Å². The van der Waals surface area contributed by atoms with Gasteiger partial charge in [-0.3, -0.25) is 9.59 Å². The number of aliphatic hydroxyl groups is 1. The number of allylic oxidation sites excluding steroid dienone is 2. The summed E-state index contributed by atoms with van der Waals surface area (Å²) in [5, 5.41) is 13.2. The van der Waals surface area contributed by atoms with Gasteiger partial charge in [0, 0.05) is 25.6 Å². The molecule has 3 saturated heterocycles. The summed E-state index contributed by atoms with van der Waals surface area (Å²) in [7, 11) is 0. The van der Waals surface area contributed by atoms with Gasteiger partial charge in [-0.1, -0.05) is 30.7 Å². The summed E-state index contributed by atoms with van der Waals surface area (Å²) < 4.78 is 22.8. The maximum absolute atomic E-state index is 12.6. The second-order valence-corrected chi connectivity index (χ2v) is 11.7. The van der Waals surface area contributed by atoms with Gasteiger partial charge >= 0.3 is 6.09 Å². The number of carbonyl (C=O) groups is 3. The summed E-state index contributed by atoms with van der Waals surface area (Å²) in [4.78, 5) is 38.4. The van der Waals surface area contributed by atoms with Crippen molar-refractivity contribution in [2.24, 2.45) is 5.92 Å². The zero-order valence-electron chi connectivity index (χ0n) is 24.6. The number of hydrogen-bond donors (Lipinski definition) is 2. The molecule has 0 aromatic rings. The van der Waals surface area contributed by atoms with Gasteiger partial charge in [-0.2, -0.15) is 0 Å². The highest BCUT2D eigenvalue weighted by atomic mass is 16.6. The number of hydrogen-bond acceptors (Lipinski definition) is 8. The molecule has 0 bridgehead atoms. The standard InChI is InChI=1S/C30H46N2O8/c1-19(8-11-26-28(35)24(33)18-30(5,6)40-26)7-10-25-20(2)17-23(22(4)39-25)31-27(34)12-9-21(3)38-29(36)32-13-15-37-16-14-32/h7-9,11-12,20-23,25-26,28,35H,10,13-18H2,1-6H3,(H,31,34)/t20-,21?,22+,23+,25-,26+,28-/m0/s1. The Labute approximate surface area is 237 Å². The van der Waals surface area contributed by atoms with Crippen LogP contribution in [0.5, 0.6) is 0 Å². The van der Waals surface area contributed by atoms with Crippen molar-refractivity contribution in [3.63, 3.8) is 0 Å². The average Bonchev–Trinajstić information content (AvgIpc) is 2.90. The summed E-state index contributed by atoms with van der Waals surface area (Å²) in [5.74, 6) is -0.242. The Morgan fingerprint density at radius 3 is 2.62 bits per heavy atom. The zero-order valence-corrected chi connectivity index (χ0v) is 24.6. The van der Waals surface area contributed by atoms with Crippen molar-refractivity contribution in [2.45, 2.75) is 103 Å². The average molecular weight is 563 g/mol. The molecule has 0 aromatic carbocycles. The van der Waals surface area contributed by atoms with Crippen molar-refractivity contribution < 1.29 is 38.4 Å². The Balaban J connectivity index is 1.44.